The average Bonchev–Trinajstić information content (AvgIpc) is 2.36. The summed E-state index contributed by atoms with van der Waals surface area (Å²) < 4.78 is 5.85. The molecule has 0 saturated carbocycles. The Kier molecular flexibility index (Phi) is 12.0. The van der Waals surface area contributed by atoms with Crippen molar-refractivity contribution in [3.8, 4) is 0 Å². The van der Waals surface area contributed by atoms with E-state index in [4.69, 9.17) is 4.74 Å². The Morgan fingerprint density at radius 1 is 0.667 bits per heavy atom. The second kappa shape index (κ2) is 12.0. The quantitative estimate of drug-likeness (QED) is 0.361. The van der Waals surface area contributed by atoms with E-state index in [2.05, 4.69) is 27.7 Å². The van der Waals surface area contributed by atoms with Crippen LogP contribution in [0.1, 0.15) is 98.3 Å². The molecule has 0 heterocycles. The van der Waals surface area contributed by atoms with Gasteiger partial charge >= 0.3 is 0 Å². The first-order chi connectivity index (χ1) is 8.62. The van der Waals surface area contributed by atoms with Gasteiger partial charge in [-0.15, -0.1) is 0 Å². The Morgan fingerprint density at radius 2 is 1.11 bits per heavy atom. The van der Waals surface area contributed by atoms with Gasteiger partial charge in [-0.25, -0.2) is 0 Å². The summed E-state index contributed by atoms with van der Waals surface area (Å²) in [6.07, 6.45) is 15.0. The summed E-state index contributed by atoms with van der Waals surface area (Å²) in [7, 11) is 0. The van der Waals surface area contributed by atoms with Crippen LogP contribution in [-0.2, 0) is 4.74 Å². The number of ether oxygens (including phenoxy) is 1. The van der Waals surface area contributed by atoms with Gasteiger partial charge in [-0.1, -0.05) is 71.6 Å². The molecule has 0 aromatic rings. The van der Waals surface area contributed by atoms with Crippen molar-refractivity contribution in [2.75, 3.05) is 6.61 Å². The van der Waals surface area contributed by atoms with E-state index in [9.17, 15) is 0 Å². The van der Waals surface area contributed by atoms with Crippen molar-refractivity contribution >= 4 is 0 Å². The van der Waals surface area contributed by atoms with Crippen LogP contribution >= 0.6 is 0 Å². The molecule has 0 spiro atoms. The molecular formula is C17H36O. The highest BCUT2D eigenvalue weighted by atomic mass is 16.5. The Hall–Kier alpha value is -0.0400. The number of hydrogen-bond acceptors (Lipinski definition) is 1. The van der Waals surface area contributed by atoms with Crippen LogP contribution in [0.15, 0.2) is 0 Å². The Bertz CT molecular complexity index is 163. The van der Waals surface area contributed by atoms with Gasteiger partial charge in [0.25, 0.3) is 0 Å². The second-order valence-electron chi connectivity index (χ2n) is 6.14. The molecule has 1 heteroatoms. The van der Waals surface area contributed by atoms with Crippen molar-refractivity contribution in [1.29, 1.82) is 0 Å². The van der Waals surface area contributed by atoms with E-state index in [1.807, 2.05) is 0 Å². The zero-order valence-corrected chi connectivity index (χ0v) is 13.4. The SMILES string of the molecule is CCCCCCCCCCCCOC(C)(C)CC. The van der Waals surface area contributed by atoms with Crippen LogP contribution in [0.3, 0.4) is 0 Å². The van der Waals surface area contributed by atoms with Gasteiger partial charge in [0.05, 0.1) is 5.60 Å². The summed E-state index contributed by atoms with van der Waals surface area (Å²) in [6, 6.07) is 0. The zero-order valence-electron chi connectivity index (χ0n) is 13.4. The van der Waals surface area contributed by atoms with E-state index in [0.29, 0.717) is 0 Å². The fraction of sp³-hybridized carbons (Fsp3) is 1.00. The Balaban J connectivity index is 3.08. The first-order valence-corrected chi connectivity index (χ1v) is 8.26. The van der Waals surface area contributed by atoms with Crippen molar-refractivity contribution in [2.24, 2.45) is 0 Å². The fourth-order valence-electron chi connectivity index (χ4n) is 2.04. The normalized spacial score (nSPS) is 12.0. The predicted molar refractivity (Wildman–Crippen MR) is 82.2 cm³/mol. The zero-order chi connectivity index (χ0) is 13.7. The molecule has 1 nitrogen and oxygen atoms in total. The van der Waals surface area contributed by atoms with Crippen LogP contribution in [-0.4, -0.2) is 12.2 Å². The third-order valence-electron chi connectivity index (χ3n) is 3.84. The molecule has 0 aliphatic carbocycles. The minimum atomic E-state index is 0.0826. The summed E-state index contributed by atoms with van der Waals surface area (Å²) in [5, 5.41) is 0. The lowest BCUT2D eigenvalue weighted by Gasteiger charge is -2.23. The van der Waals surface area contributed by atoms with E-state index in [1.165, 1.54) is 64.2 Å². The van der Waals surface area contributed by atoms with Gasteiger partial charge in [0.15, 0.2) is 0 Å². The van der Waals surface area contributed by atoms with Crippen molar-refractivity contribution in [3.05, 3.63) is 0 Å². The first-order valence-electron chi connectivity index (χ1n) is 8.26. The number of hydrogen-bond donors (Lipinski definition) is 0. The molecule has 0 aromatic heterocycles. The van der Waals surface area contributed by atoms with Crippen LogP contribution in [0.5, 0.6) is 0 Å². The number of unbranched alkanes of at least 4 members (excludes halogenated alkanes) is 9. The van der Waals surface area contributed by atoms with Crippen molar-refractivity contribution in [3.63, 3.8) is 0 Å². The molecule has 0 bridgehead atoms. The molecule has 0 aliphatic rings. The lowest BCUT2D eigenvalue weighted by Crippen LogP contribution is -2.23. The summed E-state index contributed by atoms with van der Waals surface area (Å²) >= 11 is 0. The average molecular weight is 256 g/mol. The second-order valence-corrected chi connectivity index (χ2v) is 6.14. The van der Waals surface area contributed by atoms with Crippen LogP contribution in [0.4, 0.5) is 0 Å². The van der Waals surface area contributed by atoms with Gasteiger partial charge in [-0.05, 0) is 26.7 Å². The molecule has 0 aromatic carbocycles. The maximum absolute atomic E-state index is 5.85. The molecule has 0 aliphatic heterocycles. The van der Waals surface area contributed by atoms with Crippen LogP contribution in [0, 0.1) is 0 Å². The molecule has 0 unspecified atom stereocenters. The van der Waals surface area contributed by atoms with Crippen molar-refractivity contribution < 1.29 is 4.74 Å². The molecule has 0 N–H and O–H groups in total. The monoisotopic (exact) mass is 256 g/mol. The van der Waals surface area contributed by atoms with Gasteiger partial charge in [-0.3, -0.25) is 0 Å². The van der Waals surface area contributed by atoms with E-state index in [1.54, 1.807) is 0 Å². The highest BCUT2D eigenvalue weighted by molar-refractivity contribution is 4.64. The molecule has 18 heavy (non-hydrogen) atoms. The van der Waals surface area contributed by atoms with Gasteiger partial charge in [0.2, 0.25) is 0 Å². The highest BCUT2D eigenvalue weighted by Crippen LogP contribution is 2.15. The fourth-order valence-corrected chi connectivity index (χ4v) is 2.04. The van der Waals surface area contributed by atoms with Gasteiger partial charge in [0, 0.05) is 6.61 Å². The summed E-state index contributed by atoms with van der Waals surface area (Å²) in [4.78, 5) is 0. The molecular weight excluding hydrogens is 220 g/mol. The maximum Gasteiger partial charge on any atom is 0.0623 e. The van der Waals surface area contributed by atoms with Crippen molar-refractivity contribution in [1.82, 2.24) is 0 Å². The Morgan fingerprint density at radius 3 is 1.56 bits per heavy atom. The summed E-state index contributed by atoms with van der Waals surface area (Å²) in [5.41, 5.74) is 0.0826. The molecule has 0 fully saturated rings. The largest absolute Gasteiger partial charge is 0.376 e. The first kappa shape index (κ1) is 18.0. The topological polar surface area (TPSA) is 9.23 Å². The highest BCUT2D eigenvalue weighted by Gasteiger charge is 2.13. The minimum absolute atomic E-state index is 0.0826. The molecule has 0 amide bonds. The third kappa shape index (κ3) is 12.4. The van der Waals surface area contributed by atoms with Crippen LogP contribution in [0.2, 0.25) is 0 Å². The minimum Gasteiger partial charge on any atom is -0.376 e. The lowest BCUT2D eigenvalue weighted by atomic mass is 10.1. The number of rotatable bonds is 13. The van der Waals surface area contributed by atoms with Crippen molar-refractivity contribution in [2.45, 2.75) is 104 Å². The molecule has 0 atom stereocenters. The van der Waals surface area contributed by atoms with Crippen LogP contribution in [0.25, 0.3) is 0 Å². The van der Waals surface area contributed by atoms with E-state index in [0.717, 1.165) is 13.0 Å². The van der Waals surface area contributed by atoms with E-state index < -0.39 is 0 Å². The lowest BCUT2D eigenvalue weighted by molar-refractivity contribution is -0.0216. The van der Waals surface area contributed by atoms with E-state index in [-0.39, 0.29) is 5.60 Å². The standard InChI is InChI=1S/C17H36O/c1-5-7-8-9-10-11-12-13-14-15-16-18-17(3,4)6-2/h5-16H2,1-4H3. The smallest absolute Gasteiger partial charge is 0.0623 e. The summed E-state index contributed by atoms with van der Waals surface area (Å²) in [5.74, 6) is 0. The molecule has 0 saturated heterocycles. The van der Waals surface area contributed by atoms with Gasteiger partial charge in [0.1, 0.15) is 0 Å². The van der Waals surface area contributed by atoms with Gasteiger partial charge < -0.3 is 4.74 Å². The third-order valence-corrected chi connectivity index (χ3v) is 3.84. The predicted octanol–water partition coefficient (Wildman–Crippen LogP) is 6.11. The summed E-state index contributed by atoms with van der Waals surface area (Å²) in [6.45, 7) is 9.78. The van der Waals surface area contributed by atoms with Gasteiger partial charge in [-0.2, -0.15) is 0 Å². The molecule has 0 rings (SSSR count). The Labute approximate surface area is 116 Å². The van der Waals surface area contributed by atoms with E-state index >= 15 is 0 Å². The molecule has 110 valence electrons. The maximum atomic E-state index is 5.85. The van der Waals surface area contributed by atoms with Crippen LogP contribution < -0.4 is 0 Å². The molecule has 0 radical (unpaired) electrons.